The summed E-state index contributed by atoms with van der Waals surface area (Å²) in [6, 6.07) is 11.6. The van der Waals surface area contributed by atoms with Crippen molar-refractivity contribution in [2.75, 3.05) is 13.1 Å². The molecule has 1 amide bonds. The van der Waals surface area contributed by atoms with Crippen molar-refractivity contribution in [1.82, 2.24) is 9.88 Å². The van der Waals surface area contributed by atoms with Crippen LogP contribution in [-0.2, 0) is 0 Å². The second-order valence-electron chi connectivity index (χ2n) is 7.75. The van der Waals surface area contributed by atoms with E-state index in [9.17, 15) is 9.90 Å². The maximum atomic E-state index is 12.8. The quantitative estimate of drug-likeness (QED) is 0.796. The molecule has 1 aliphatic heterocycles. The van der Waals surface area contributed by atoms with E-state index < -0.39 is 5.60 Å². The number of carbonyl (C=O) groups excluding carboxylic acids is 1. The zero-order valence-electron chi connectivity index (χ0n) is 15.6. The van der Waals surface area contributed by atoms with Gasteiger partial charge in [-0.05, 0) is 61.9 Å². The van der Waals surface area contributed by atoms with Gasteiger partial charge >= 0.3 is 0 Å². The summed E-state index contributed by atoms with van der Waals surface area (Å²) in [6.45, 7) is 3.28. The third kappa shape index (κ3) is 3.61. The molecule has 3 unspecified atom stereocenters. The lowest BCUT2D eigenvalue weighted by molar-refractivity contribution is -0.00777. The van der Waals surface area contributed by atoms with Crippen LogP contribution in [0, 0.1) is 30.6 Å². The number of likely N-dealkylation sites (tertiary alicyclic amines) is 1. The van der Waals surface area contributed by atoms with Crippen molar-refractivity contribution in [2.45, 2.75) is 31.8 Å². The molecule has 0 bridgehead atoms. The monoisotopic (exact) mass is 360 g/mol. The molecule has 1 aromatic carbocycles. The zero-order chi connectivity index (χ0) is 18.9. The number of aromatic nitrogens is 1. The maximum Gasteiger partial charge on any atom is 0.255 e. The predicted octanol–water partition coefficient (Wildman–Crippen LogP) is 3.04. The Labute approximate surface area is 160 Å². The summed E-state index contributed by atoms with van der Waals surface area (Å²) in [7, 11) is 0. The lowest BCUT2D eigenvalue weighted by Gasteiger charge is -2.37. The van der Waals surface area contributed by atoms with Gasteiger partial charge in [-0.25, -0.2) is 0 Å². The van der Waals surface area contributed by atoms with Gasteiger partial charge in [-0.1, -0.05) is 24.0 Å². The van der Waals surface area contributed by atoms with Gasteiger partial charge in [0.15, 0.2) is 0 Å². The van der Waals surface area contributed by atoms with Crippen LogP contribution in [0.5, 0.6) is 0 Å². The van der Waals surface area contributed by atoms with E-state index in [1.54, 1.807) is 24.5 Å². The molecular formula is C23H24N2O2. The summed E-state index contributed by atoms with van der Waals surface area (Å²) in [4.78, 5) is 18.7. The highest BCUT2D eigenvalue weighted by molar-refractivity contribution is 5.94. The van der Waals surface area contributed by atoms with Gasteiger partial charge in [0, 0.05) is 37.0 Å². The van der Waals surface area contributed by atoms with Crippen molar-refractivity contribution in [1.29, 1.82) is 0 Å². The average Bonchev–Trinajstić information content (AvgIpc) is 3.13. The van der Waals surface area contributed by atoms with Crippen LogP contribution >= 0.6 is 0 Å². The van der Waals surface area contributed by atoms with Gasteiger partial charge in [-0.2, -0.15) is 0 Å². The van der Waals surface area contributed by atoms with Crippen LogP contribution in [-0.4, -0.2) is 39.6 Å². The van der Waals surface area contributed by atoms with E-state index in [4.69, 9.17) is 0 Å². The molecule has 4 rings (SSSR count). The highest BCUT2D eigenvalue weighted by Gasteiger charge is 2.49. The number of benzene rings is 1. The highest BCUT2D eigenvalue weighted by Crippen LogP contribution is 2.42. The van der Waals surface area contributed by atoms with E-state index >= 15 is 0 Å². The summed E-state index contributed by atoms with van der Waals surface area (Å²) >= 11 is 0. The molecule has 0 spiro atoms. The lowest BCUT2D eigenvalue weighted by atomic mass is 9.71. The Morgan fingerprint density at radius 3 is 2.96 bits per heavy atom. The van der Waals surface area contributed by atoms with Crippen molar-refractivity contribution in [2.24, 2.45) is 11.8 Å². The fourth-order valence-electron chi connectivity index (χ4n) is 4.42. The minimum atomic E-state index is -1.03. The van der Waals surface area contributed by atoms with Gasteiger partial charge in [-0.3, -0.25) is 9.78 Å². The SMILES string of the molecule is Cc1cccc(C#CC2(O)CCCC3CN(C(=O)c4cccnc4)CC32)c1. The molecule has 138 valence electrons. The van der Waals surface area contributed by atoms with E-state index in [0.29, 0.717) is 31.0 Å². The molecule has 1 saturated carbocycles. The fourth-order valence-corrected chi connectivity index (χ4v) is 4.42. The van der Waals surface area contributed by atoms with Crippen LogP contribution in [0.25, 0.3) is 0 Å². The minimum Gasteiger partial charge on any atom is -0.377 e. The Kier molecular flexibility index (Phi) is 4.72. The second kappa shape index (κ2) is 7.17. The largest absolute Gasteiger partial charge is 0.377 e. The van der Waals surface area contributed by atoms with E-state index in [1.807, 2.05) is 36.1 Å². The summed E-state index contributed by atoms with van der Waals surface area (Å²) in [5.74, 6) is 6.64. The molecule has 2 aliphatic rings. The van der Waals surface area contributed by atoms with Crippen LogP contribution in [0.1, 0.15) is 40.7 Å². The molecular weight excluding hydrogens is 336 g/mol. The van der Waals surface area contributed by atoms with Gasteiger partial charge in [0.05, 0.1) is 5.56 Å². The molecule has 0 radical (unpaired) electrons. The maximum absolute atomic E-state index is 12.8. The molecule has 27 heavy (non-hydrogen) atoms. The fraction of sp³-hybridized carbons (Fsp3) is 0.391. The van der Waals surface area contributed by atoms with Gasteiger partial charge in [-0.15, -0.1) is 0 Å². The number of aryl methyl sites for hydroxylation is 1. The first-order valence-corrected chi connectivity index (χ1v) is 9.57. The summed E-state index contributed by atoms with van der Waals surface area (Å²) in [5.41, 5.74) is 1.65. The van der Waals surface area contributed by atoms with Gasteiger partial charge in [0.1, 0.15) is 5.60 Å². The Balaban J connectivity index is 1.55. The van der Waals surface area contributed by atoms with Crippen LogP contribution < -0.4 is 0 Å². The van der Waals surface area contributed by atoms with Crippen molar-refractivity contribution < 1.29 is 9.90 Å². The summed E-state index contributed by atoms with van der Waals surface area (Å²) in [5, 5.41) is 11.3. The first-order valence-electron chi connectivity index (χ1n) is 9.57. The first kappa shape index (κ1) is 17.8. The lowest BCUT2D eigenvalue weighted by Crippen LogP contribution is -2.44. The van der Waals surface area contributed by atoms with Crippen LogP contribution in [0.3, 0.4) is 0 Å². The van der Waals surface area contributed by atoms with Crippen LogP contribution in [0.4, 0.5) is 0 Å². The number of nitrogens with zero attached hydrogens (tertiary/aromatic N) is 2. The molecule has 1 saturated heterocycles. The molecule has 4 heteroatoms. The second-order valence-corrected chi connectivity index (χ2v) is 7.75. The molecule has 2 fully saturated rings. The molecule has 1 aromatic heterocycles. The van der Waals surface area contributed by atoms with Gasteiger partial charge in [0.2, 0.25) is 0 Å². The molecule has 3 atom stereocenters. The summed E-state index contributed by atoms with van der Waals surface area (Å²) < 4.78 is 0. The van der Waals surface area contributed by atoms with E-state index in [2.05, 4.69) is 16.8 Å². The average molecular weight is 360 g/mol. The number of aliphatic hydroxyl groups is 1. The molecule has 1 aliphatic carbocycles. The van der Waals surface area contributed by atoms with E-state index in [0.717, 1.165) is 24.0 Å². The van der Waals surface area contributed by atoms with E-state index in [1.165, 1.54) is 0 Å². The van der Waals surface area contributed by atoms with Crippen molar-refractivity contribution in [3.05, 3.63) is 65.5 Å². The Morgan fingerprint density at radius 2 is 2.19 bits per heavy atom. The third-order valence-electron chi connectivity index (χ3n) is 5.82. The Hall–Kier alpha value is -2.64. The smallest absolute Gasteiger partial charge is 0.255 e. The van der Waals surface area contributed by atoms with Crippen molar-refractivity contribution in [3.8, 4) is 11.8 Å². The third-order valence-corrected chi connectivity index (χ3v) is 5.82. The molecule has 2 heterocycles. The Bertz CT molecular complexity index is 899. The highest BCUT2D eigenvalue weighted by atomic mass is 16.3. The number of pyridine rings is 1. The minimum absolute atomic E-state index is 0.00387. The van der Waals surface area contributed by atoms with E-state index in [-0.39, 0.29) is 11.8 Å². The van der Waals surface area contributed by atoms with Crippen molar-refractivity contribution >= 4 is 5.91 Å². The summed E-state index contributed by atoms with van der Waals surface area (Å²) in [6.07, 6.45) is 5.92. The topological polar surface area (TPSA) is 53.4 Å². The standard InChI is InChI=1S/C23H24N2O2/c1-17-5-2-6-18(13-17)9-11-23(27)10-3-7-20-15-25(16-21(20)23)22(26)19-8-4-12-24-14-19/h2,4-6,8,12-14,20-21,27H,3,7,10,15-16H2,1H3. The van der Waals surface area contributed by atoms with Gasteiger partial charge < -0.3 is 10.0 Å². The first-order chi connectivity index (χ1) is 13.0. The van der Waals surface area contributed by atoms with Crippen molar-refractivity contribution in [3.63, 3.8) is 0 Å². The van der Waals surface area contributed by atoms with Gasteiger partial charge in [0.25, 0.3) is 5.91 Å². The number of amides is 1. The number of fused-ring (bicyclic) bond motifs is 1. The Morgan fingerprint density at radius 1 is 1.30 bits per heavy atom. The number of hydrogen-bond donors (Lipinski definition) is 1. The number of carbonyl (C=O) groups is 1. The normalized spacial score (nSPS) is 26.8. The predicted molar refractivity (Wildman–Crippen MR) is 104 cm³/mol. The molecule has 2 aromatic rings. The number of rotatable bonds is 1. The molecule has 1 N–H and O–H groups in total. The van der Waals surface area contributed by atoms with Crippen LogP contribution in [0.15, 0.2) is 48.8 Å². The van der Waals surface area contributed by atoms with Crippen LogP contribution in [0.2, 0.25) is 0 Å². The number of hydrogen-bond acceptors (Lipinski definition) is 3. The zero-order valence-corrected chi connectivity index (χ0v) is 15.6. The molecule has 4 nitrogen and oxygen atoms in total.